The fourth-order valence-corrected chi connectivity index (χ4v) is 5.20. The number of halogens is 1. The summed E-state index contributed by atoms with van der Waals surface area (Å²) >= 11 is 0. The Hall–Kier alpha value is -2.46. The number of carbonyl (C=O) groups is 1. The van der Waals surface area contributed by atoms with E-state index >= 15 is 0 Å². The lowest BCUT2D eigenvalue weighted by Gasteiger charge is -2.22. The van der Waals surface area contributed by atoms with Crippen LogP contribution in [0.25, 0.3) is 0 Å². The number of benzene rings is 1. The van der Waals surface area contributed by atoms with Crippen molar-refractivity contribution in [2.45, 2.75) is 25.2 Å². The maximum absolute atomic E-state index is 13.1. The molecule has 0 bridgehead atoms. The number of aryl methyl sites for hydroxylation is 2. The Labute approximate surface area is 164 Å². The smallest absolute Gasteiger partial charge is 0.321 e. The van der Waals surface area contributed by atoms with E-state index in [1.54, 1.807) is 30.5 Å². The zero-order chi connectivity index (χ0) is 20.5. The molecular weight excluding hydrogens is 385 g/mol. The lowest BCUT2D eigenvalue weighted by Crippen LogP contribution is -2.39. The lowest BCUT2D eigenvalue weighted by atomic mass is 10.3. The number of anilines is 1. The van der Waals surface area contributed by atoms with Crippen molar-refractivity contribution in [3.8, 4) is 0 Å². The van der Waals surface area contributed by atoms with Crippen molar-refractivity contribution in [1.29, 1.82) is 0 Å². The fraction of sp³-hybridized carbons (Fsp3) is 0.444. The van der Waals surface area contributed by atoms with Crippen LogP contribution in [0.1, 0.15) is 17.8 Å². The number of nitrogens with one attached hydrogen (secondary N) is 1. The van der Waals surface area contributed by atoms with E-state index in [1.807, 2.05) is 0 Å². The predicted molar refractivity (Wildman–Crippen MR) is 103 cm³/mol. The standard InChI is InChI=1S/C18H24FN5O3S/c1-13-17(14(2)22(3)21-13)28(26,27)24-10-4-9-23(11-12-24)18(25)20-16-7-5-15(19)6-8-16/h5-8H,4,9-12H2,1-3H3,(H,20,25). The first-order chi connectivity index (χ1) is 13.2. The largest absolute Gasteiger partial charge is 0.323 e. The number of carbonyl (C=O) groups excluding carboxylic acids is 1. The van der Waals surface area contributed by atoms with Crippen molar-refractivity contribution in [3.63, 3.8) is 0 Å². The molecule has 1 aromatic carbocycles. The van der Waals surface area contributed by atoms with Crippen LogP contribution >= 0.6 is 0 Å². The number of sulfonamides is 1. The van der Waals surface area contributed by atoms with Crippen LogP contribution in [-0.2, 0) is 17.1 Å². The summed E-state index contributed by atoms with van der Waals surface area (Å²) in [6.45, 7) is 4.64. The van der Waals surface area contributed by atoms with Crippen LogP contribution in [-0.4, -0.2) is 59.6 Å². The van der Waals surface area contributed by atoms with Gasteiger partial charge in [-0.25, -0.2) is 17.6 Å². The van der Waals surface area contributed by atoms with E-state index in [9.17, 15) is 17.6 Å². The van der Waals surface area contributed by atoms with Gasteiger partial charge in [-0.2, -0.15) is 9.40 Å². The summed E-state index contributed by atoms with van der Waals surface area (Å²) in [4.78, 5) is 14.3. The van der Waals surface area contributed by atoms with Crippen LogP contribution in [0, 0.1) is 19.7 Å². The van der Waals surface area contributed by atoms with Crippen molar-refractivity contribution in [1.82, 2.24) is 19.0 Å². The Morgan fingerprint density at radius 2 is 1.79 bits per heavy atom. The molecule has 28 heavy (non-hydrogen) atoms. The van der Waals surface area contributed by atoms with Crippen LogP contribution < -0.4 is 5.32 Å². The second kappa shape index (κ2) is 7.88. The lowest BCUT2D eigenvalue weighted by molar-refractivity contribution is 0.214. The minimum atomic E-state index is -3.69. The molecule has 10 heteroatoms. The van der Waals surface area contributed by atoms with Crippen molar-refractivity contribution in [3.05, 3.63) is 41.5 Å². The molecule has 1 aliphatic heterocycles. The number of hydrogen-bond acceptors (Lipinski definition) is 4. The van der Waals surface area contributed by atoms with E-state index in [2.05, 4.69) is 10.4 Å². The van der Waals surface area contributed by atoms with Gasteiger partial charge in [0, 0.05) is 38.9 Å². The first-order valence-electron chi connectivity index (χ1n) is 9.02. The third-order valence-electron chi connectivity index (χ3n) is 4.88. The van der Waals surface area contributed by atoms with Crippen LogP contribution in [0.4, 0.5) is 14.9 Å². The van der Waals surface area contributed by atoms with Crippen LogP contribution in [0.2, 0.25) is 0 Å². The maximum Gasteiger partial charge on any atom is 0.321 e. The molecule has 1 aliphatic rings. The number of nitrogens with zero attached hydrogens (tertiary/aromatic N) is 4. The van der Waals surface area contributed by atoms with E-state index < -0.39 is 10.0 Å². The first-order valence-corrected chi connectivity index (χ1v) is 10.5. The van der Waals surface area contributed by atoms with Gasteiger partial charge in [0.15, 0.2) is 0 Å². The highest BCUT2D eigenvalue weighted by Crippen LogP contribution is 2.24. The molecule has 8 nitrogen and oxygen atoms in total. The molecular formula is C18H24FN5O3S. The van der Waals surface area contributed by atoms with E-state index in [-0.39, 0.29) is 29.8 Å². The quantitative estimate of drug-likeness (QED) is 0.841. The molecule has 1 aromatic heterocycles. The van der Waals surface area contributed by atoms with E-state index in [4.69, 9.17) is 0 Å². The van der Waals surface area contributed by atoms with Gasteiger partial charge < -0.3 is 10.2 Å². The van der Waals surface area contributed by atoms with E-state index in [1.165, 1.54) is 28.6 Å². The number of aromatic nitrogens is 2. The van der Waals surface area contributed by atoms with Gasteiger partial charge in [0.25, 0.3) is 0 Å². The second-order valence-electron chi connectivity index (χ2n) is 6.81. The van der Waals surface area contributed by atoms with Crippen molar-refractivity contribution in [2.24, 2.45) is 7.05 Å². The molecule has 0 radical (unpaired) electrons. The van der Waals surface area contributed by atoms with Crippen LogP contribution in [0.5, 0.6) is 0 Å². The summed E-state index contributed by atoms with van der Waals surface area (Å²) in [5, 5.41) is 6.91. The summed E-state index contributed by atoms with van der Waals surface area (Å²) < 4.78 is 42.2. The Kier molecular flexibility index (Phi) is 5.71. The van der Waals surface area contributed by atoms with Crippen LogP contribution in [0.15, 0.2) is 29.2 Å². The minimum Gasteiger partial charge on any atom is -0.323 e. The third kappa shape index (κ3) is 4.02. The molecule has 0 aliphatic carbocycles. The number of urea groups is 1. The minimum absolute atomic E-state index is 0.201. The zero-order valence-corrected chi connectivity index (χ0v) is 17.0. The fourth-order valence-electron chi connectivity index (χ4n) is 3.33. The van der Waals surface area contributed by atoms with Gasteiger partial charge in [-0.05, 0) is 44.5 Å². The molecule has 1 fully saturated rings. The molecule has 2 amide bonds. The zero-order valence-electron chi connectivity index (χ0n) is 16.1. The Balaban J connectivity index is 1.70. The second-order valence-corrected chi connectivity index (χ2v) is 8.68. The summed E-state index contributed by atoms with van der Waals surface area (Å²) in [6, 6.07) is 5.17. The molecule has 2 heterocycles. The average molecular weight is 409 g/mol. The van der Waals surface area contributed by atoms with Gasteiger partial charge >= 0.3 is 6.03 Å². The van der Waals surface area contributed by atoms with Gasteiger partial charge in [-0.15, -0.1) is 0 Å². The summed E-state index contributed by atoms with van der Waals surface area (Å²) in [7, 11) is -1.98. The Bertz CT molecular complexity index is 972. The number of hydrogen-bond donors (Lipinski definition) is 1. The van der Waals surface area contributed by atoms with Crippen molar-refractivity contribution >= 4 is 21.7 Å². The average Bonchev–Trinajstić information content (AvgIpc) is 2.82. The summed E-state index contributed by atoms with van der Waals surface area (Å²) in [5.41, 5.74) is 1.55. The number of amides is 2. The topological polar surface area (TPSA) is 87.5 Å². The van der Waals surface area contributed by atoms with Crippen molar-refractivity contribution in [2.75, 3.05) is 31.5 Å². The van der Waals surface area contributed by atoms with Gasteiger partial charge in [0.05, 0.1) is 11.4 Å². The molecule has 1 saturated heterocycles. The molecule has 0 saturated carbocycles. The van der Waals surface area contributed by atoms with E-state index in [0.29, 0.717) is 36.6 Å². The van der Waals surface area contributed by atoms with Gasteiger partial charge in [-0.3, -0.25) is 4.68 Å². The van der Waals surface area contributed by atoms with E-state index in [0.717, 1.165) is 0 Å². The predicted octanol–water partition coefficient (Wildman–Crippen LogP) is 2.10. The Morgan fingerprint density at radius 1 is 1.11 bits per heavy atom. The maximum atomic E-state index is 13.1. The molecule has 2 aromatic rings. The first kappa shape index (κ1) is 20.3. The Morgan fingerprint density at radius 3 is 2.39 bits per heavy atom. The normalized spacial score (nSPS) is 16.1. The molecule has 3 rings (SSSR count). The molecule has 0 atom stereocenters. The highest BCUT2D eigenvalue weighted by atomic mass is 32.2. The monoisotopic (exact) mass is 409 g/mol. The molecule has 0 spiro atoms. The van der Waals surface area contributed by atoms with Crippen LogP contribution in [0.3, 0.4) is 0 Å². The molecule has 152 valence electrons. The summed E-state index contributed by atoms with van der Waals surface area (Å²) in [6.07, 6.45) is 0.522. The SMILES string of the molecule is Cc1nn(C)c(C)c1S(=O)(=O)N1CCCN(C(=O)Nc2ccc(F)cc2)CC1. The molecule has 0 unspecified atom stereocenters. The van der Waals surface area contributed by atoms with Gasteiger partial charge in [0.2, 0.25) is 10.0 Å². The third-order valence-corrected chi connectivity index (χ3v) is 7.03. The van der Waals surface area contributed by atoms with Crippen molar-refractivity contribution < 1.29 is 17.6 Å². The van der Waals surface area contributed by atoms with Gasteiger partial charge in [-0.1, -0.05) is 0 Å². The molecule has 1 N–H and O–H groups in total. The number of rotatable bonds is 3. The highest BCUT2D eigenvalue weighted by Gasteiger charge is 2.32. The highest BCUT2D eigenvalue weighted by molar-refractivity contribution is 7.89. The van der Waals surface area contributed by atoms with Gasteiger partial charge in [0.1, 0.15) is 10.7 Å². The summed E-state index contributed by atoms with van der Waals surface area (Å²) in [5.74, 6) is -0.380.